The molecule has 152 valence electrons. The average Bonchev–Trinajstić information content (AvgIpc) is 3.42. The monoisotopic (exact) mass is 404 g/mol. The third-order valence-electron chi connectivity index (χ3n) is 5.27. The zero-order chi connectivity index (χ0) is 20.0. The Morgan fingerprint density at radius 2 is 2.07 bits per heavy atom. The van der Waals surface area contributed by atoms with Gasteiger partial charge in [0.05, 0.1) is 0 Å². The molecule has 2 aromatic rings. The van der Waals surface area contributed by atoms with E-state index in [4.69, 9.17) is 0 Å². The molecule has 0 spiro atoms. The van der Waals surface area contributed by atoms with Crippen molar-refractivity contribution in [3.05, 3.63) is 47.3 Å². The van der Waals surface area contributed by atoms with E-state index in [2.05, 4.69) is 32.1 Å². The molecule has 0 unspecified atom stereocenters. The molecule has 8 heteroatoms. The Morgan fingerprint density at radius 1 is 1.29 bits per heavy atom. The van der Waals surface area contributed by atoms with E-state index in [1.165, 1.54) is 0 Å². The van der Waals surface area contributed by atoms with Gasteiger partial charge in [-0.05, 0) is 49.8 Å². The number of hydrogen-bond donors (Lipinski definition) is 2. The van der Waals surface area contributed by atoms with Crippen molar-refractivity contribution in [2.45, 2.75) is 38.1 Å². The highest BCUT2D eigenvalue weighted by Crippen LogP contribution is 2.48. The van der Waals surface area contributed by atoms with Gasteiger partial charge in [-0.3, -0.25) is 0 Å². The molecule has 0 aliphatic heterocycles. The number of nitrogens with one attached hydrogen (secondary N) is 2. The Bertz CT molecular complexity index is 815. The molecule has 2 N–H and O–H groups in total. The Balaban J connectivity index is 1.66. The maximum Gasteiger partial charge on any atom is 0.191 e. The molecule has 1 aliphatic rings. The molecular formula is C20H29FN6S. The van der Waals surface area contributed by atoms with Gasteiger partial charge in [0, 0.05) is 25.6 Å². The van der Waals surface area contributed by atoms with Crippen molar-refractivity contribution in [1.29, 1.82) is 0 Å². The Kier molecular flexibility index (Phi) is 6.93. The number of aromatic nitrogens is 3. The van der Waals surface area contributed by atoms with Crippen LogP contribution in [0.2, 0.25) is 0 Å². The number of thioether (sulfide) groups is 1. The first-order chi connectivity index (χ1) is 13.6. The van der Waals surface area contributed by atoms with Crippen LogP contribution in [0.3, 0.4) is 0 Å². The van der Waals surface area contributed by atoms with Gasteiger partial charge < -0.3 is 15.2 Å². The molecule has 3 rings (SSSR count). The van der Waals surface area contributed by atoms with Crippen molar-refractivity contribution >= 4 is 17.7 Å². The zero-order valence-corrected chi connectivity index (χ0v) is 17.7. The average molecular weight is 405 g/mol. The van der Waals surface area contributed by atoms with Crippen LogP contribution < -0.4 is 10.6 Å². The minimum absolute atomic E-state index is 0.122. The van der Waals surface area contributed by atoms with E-state index < -0.39 is 0 Å². The second kappa shape index (κ2) is 9.41. The molecule has 1 aromatic carbocycles. The van der Waals surface area contributed by atoms with Crippen LogP contribution in [0.5, 0.6) is 0 Å². The van der Waals surface area contributed by atoms with Crippen molar-refractivity contribution < 1.29 is 4.39 Å². The highest BCUT2D eigenvalue weighted by molar-refractivity contribution is 7.98. The number of aryl methyl sites for hydroxylation is 1. The number of halogens is 1. The quantitative estimate of drug-likeness (QED) is 0.382. The summed E-state index contributed by atoms with van der Waals surface area (Å²) in [7, 11) is 1.94. The van der Waals surface area contributed by atoms with Gasteiger partial charge in [-0.1, -0.05) is 18.2 Å². The number of guanidine groups is 1. The van der Waals surface area contributed by atoms with Gasteiger partial charge in [-0.15, -0.1) is 10.2 Å². The normalized spacial score (nSPS) is 15.5. The molecule has 1 heterocycles. The maximum absolute atomic E-state index is 14.3. The van der Waals surface area contributed by atoms with Gasteiger partial charge in [0.15, 0.2) is 11.8 Å². The van der Waals surface area contributed by atoms with Gasteiger partial charge >= 0.3 is 0 Å². The topological polar surface area (TPSA) is 67.1 Å². The van der Waals surface area contributed by atoms with Crippen LogP contribution in [0.4, 0.5) is 4.39 Å². The van der Waals surface area contributed by atoms with Crippen molar-refractivity contribution in [2.24, 2.45) is 12.0 Å². The van der Waals surface area contributed by atoms with Crippen molar-refractivity contribution in [1.82, 2.24) is 25.4 Å². The predicted molar refractivity (Wildman–Crippen MR) is 113 cm³/mol. The lowest BCUT2D eigenvalue weighted by Crippen LogP contribution is -2.42. The number of rotatable bonds is 9. The van der Waals surface area contributed by atoms with Crippen molar-refractivity contribution in [3.8, 4) is 0 Å². The van der Waals surface area contributed by atoms with Gasteiger partial charge in [0.2, 0.25) is 0 Å². The maximum atomic E-state index is 14.3. The lowest BCUT2D eigenvalue weighted by Gasteiger charge is -2.20. The Morgan fingerprint density at radius 3 is 2.71 bits per heavy atom. The largest absolute Gasteiger partial charge is 0.356 e. The standard InChI is InChI=1S/C20H29FN6S/c1-15-25-26-18(27(15)2)13-23-19(22-11-6-12-28-3)24-14-20(9-10-20)16-7-4-5-8-17(16)21/h4-5,7-8H,6,9-14H2,1-3H3,(H2,22,23,24). The summed E-state index contributed by atoms with van der Waals surface area (Å²) >= 11 is 1.83. The SMILES string of the molecule is CSCCCNC(=NCc1nnc(C)n1C)NCC1(c2ccccc2F)CC1. The van der Waals surface area contributed by atoms with Crippen LogP contribution in [-0.4, -0.2) is 45.8 Å². The van der Waals surface area contributed by atoms with Gasteiger partial charge in [0.25, 0.3) is 0 Å². The fourth-order valence-electron chi connectivity index (χ4n) is 3.17. The second-order valence-electron chi connectivity index (χ2n) is 7.27. The van der Waals surface area contributed by atoms with E-state index in [-0.39, 0.29) is 11.2 Å². The number of nitrogens with zero attached hydrogens (tertiary/aromatic N) is 4. The van der Waals surface area contributed by atoms with Crippen LogP contribution in [0.25, 0.3) is 0 Å². The first-order valence-corrected chi connectivity index (χ1v) is 11.1. The minimum Gasteiger partial charge on any atom is -0.356 e. The summed E-state index contributed by atoms with van der Waals surface area (Å²) in [5.74, 6) is 3.40. The summed E-state index contributed by atoms with van der Waals surface area (Å²) in [6.07, 6.45) is 5.14. The summed E-state index contributed by atoms with van der Waals surface area (Å²) in [6.45, 7) is 3.88. The molecule has 6 nitrogen and oxygen atoms in total. The smallest absolute Gasteiger partial charge is 0.191 e. The summed E-state index contributed by atoms with van der Waals surface area (Å²) in [4.78, 5) is 4.68. The third-order valence-corrected chi connectivity index (χ3v) is 5.97. The Hall–Kier alpha value is -2.09. The van der Waals surface area contributed by atoms with Crippen LogP contribution in [0.1, 0.15) is 36.5 Å². The van der Waals surface area contributed by atoms with E-state index in [0.29, 0.717) is 13.1 Å². The molecule has 1 aromatic heterocycles. The third kappa shape index (κ3) is 5.04. The van der Waals surface area contributed by atoms with E-state index >= 15 is 0 Å². The molecule has 1 saturated carbocycles. The van der Waals surface area contributed by atoms with E-state index in [9.17, 15) is 4.39 Å². The fraction of sp³-hybridized carbons (Fsp3) is 0.550. The van der Waals surface area contributed by atoms with Crippen LogP contribution in [-0.2, 0) is 19.0 Å². The molecule has 1 aliphatic carbocycles. The number of benzene rings is 1. The fourth-order valence-corrected chi connectivity index (χ4v) is 3.61. The van der Waals surface area contributed by atoms with Crippen LogP contribution in [0, 0.1) is 12.7 Å². The van der Waals surface area contributed by atoms with Crippen LogP contribution >= 0.6 is 11.8 Å². The first kappa shape index (κ1) is 20.6. The van der Waals surface area contributed by atoms with Gasteiger partial charge in [-0.2, -0.15) is 11.8 Å². The summed E-state index contributed by atoms with van der Waals surface area (Å²) in [5.41, 5.74) is 0.669. The minimum atomic E-state index is -0.131. The van der Waals surface area contributed by atoms with E-state index in [1.54, 1.807) is 12.1 Å². The lowest BCUT2D eigenvalue weighted by molar-refractivity contribution is 0.559. The van der Waals surface area contributed by atoms with Gasteiger partial charge in [0.1, 0.15) is 18.2 Å². The summed E-state index contributed by atoms with van der Waals surface area (Å²) in [5, 5.41) is 15.1. The highest BCUT2D eigenvalue weighted by atomic mass is 32.2. The number of hydrogen-bond acceptors (Lipinski definition) is 4. The summed E-state index contributed by atoms with van der Waals surface area (Å²) < 4.78 is 16.2. The summed E-state index contributed by atoms with van der Waals surface area (Å²) in [6, 6.07) is 7.09. The van der Waals surface area contributed by atoms with E-state index in [1.807, 2.05) is 42.4 Å². The number of aliphatic imine (C=N–C) groups is 1. The van der Waals surface area contributed by atoms with Crippen LogP contribution in [0.15, 0.2) is 29.3 Å². The van der Waals surface area contributed by atoms with Crippen molar-refractivity contribution in [3.63, 3.8) is 0 Å². The predicted octanol–water partition coefficient (Wildman–Crippen LogP) is 2.78. The molecule has 0 radical (unpaired) electrons. The molecule has 0 atom stereocenters. The molecular weight excluding hydrogens is 375 g/mol. The highest BCUT2D eigenvalue weighted by Gasteiger charge is 2.45. The molecule has 28 heavy (non-hydrogen) atoms. The second-order valence-corrected chi connectivity index (χ2v) is 8.26. The first-order valence-electron chi connectivity index (χ1n) is 9.67. The zero-order valence-electron chi connectivity index (χ0n) is 16.8. The molecule has 0 saturated heterocycles. The molecule has 1 fully saturated rings. The molecule has 0 amide bonds. The lowest BCUT2D eigenvalue weighted by atomic mass is 9.95. The van der Waals surface area contributed by atoms with E-state index in [0.717, 1.165) is 54.7 Å². The Labute approximate surface area is 170 Å². The van der Waals surface area contributed by atoms with Gasteiger partial charge in [-0.25, -0.2) is 9.38 Å². The van der Waals surface area contributed by atoms with Crippen molar-refractivity contribution in [2.75, 3.05) is 25.1 Å². The molecule has 0 bridgehead atoms.